The van der Waals surface area contributed by atoms with Gasteiger partial charge in [-0.2, -0.15) is 0 Å². The molecule has 0 unspecified atom stereocenters. The van der Waals surface area contributed by atoms with Gasteiger partial charge in [0.05, 0.1) is 22.3 Å². The normalized spacial score (nSPS) is 10.9. The predicted molar refractivity (Wildman–Crippen MR) is 123 cm³/mol. The van der Waals surface area contributed by atoms with Gasteiger partial charge in [0.1, 0.15) is 5.82 Å². The lowest BCUT2D eigenvalue weighted by molar-refractivity contribution is -0.115. The van der Waals surface area contributed by atoms with Crippen molar-refractivity contribution in [3.05, 3.63) is 94.5 Å². The number of fused-ring (bicyclic) bond motifs is 1. The third-order valence-electron chi connectivity index (χ3n) is 5.00. The molecule has 0 atom stereocenters. The van der Waals surface area contributed by atoms with E-state index < -0.39 is 5.82 Å². The molecule has 0 radical (unpaired) electrons. The highest BCUT2D eigenvalue weighted by Gasteiger charge is 2.17. The van der Waals surface area contributed by atoms with Crippen molar-refractivity contribution in [3.8, 4) is 5.69 Å². The van der Waals surface area contributed by atoms with E-state index in [4.69, 9.17) is 0 Å². The first-order valence-electron chi connectivity index (χ1n) is 9.68. The van der Waals surface area contributed by atoms with Gasteiger partial charge < -0.3 is 4.90 Å². The van der Waals surface area contributed by atoms with Gasteiger partial charge in [-0.25, -0.2) is 9.37 Å². The number of carbonyl (C=O) groups excluding carboxylic acids is 1. The van der Waals surface area contributed by atoms with Crippen LogP contribution in [0.1, 0.15) is 5.56 Å². The number of carbonyl (C=O) groups is 1. The van der Waals surface area contributed by atoms with Crippen LogP contribution >= 0.6 is 11.8 Å². The number of hydrogen-bond acceptors (Lipinski definition) is 4. The monoisotopic (exact) mass is 433 g/mol. The second-order valence-corrected chi connectivity index (χ2v) is 8.01. The number of amides is 1. The number of thioether (sulfide) groups is 1. The fraction of sp³-hybridized carbons (Fsp3) is 0.125. The Morgan fingerprint density at radius 3 is 2.52 bits per heavy atom. The highest BCUT2D eigenvalue weighted by molar-refractivity contribution is 7.99. The average molecular weight is 434 g/mol. The molecule has 31 heavy (non-hydrogen) atoms. The maximum Gasteiger partial charge on any atom is 0.266 e. The maximum atomic E-state index is 14.2. The minimum atomic E-state index is -0.409. The van der Waals surface area contributed by atoms with Crippen LogP contribution in [0.5, 0.6) is 0 Å². The lowest BCUT2D eigenvalue weighted by atomic mass is 10.2. The lowest BCUT2D eigenvalue weighted by Gasteiger charge is -2.18. The fourth-order valence-corrected chi connectivity index (χ4v) is 4.10. The van der Waals surface area contributed by atoms with Gasteiger partial charge >= 0.3 is 0 Å². The van der Waals surface area contributed by atoms with Gasteiger partial charge in [-0.3, -0.25) is 14.2 Å². The van der Waals surface area contributed by atoms with E-state index in [1.165, 1.54) is 10.6 Å². The minimum absolute atomic E-state index is 0.0739. The average Bonchev–Trinajstić information content (AvgIpc) is 2.79. The summed E-state index contributed by atoms with van der Waals surface area (Å²) in [5.74, 6) is -0.474. The minimum Gasteiger partial charge on any atom is -0.315 e. The van der Waals surface area contributed by atoms with Crippen LogP contribution in [0.2, 0.25) is 0 Å². The number of anilines is 1. The molecule has 0 saturated carbocycles. The molecule has 0 aliphatic heterocycles. The Hall–Kier alpha value is -3.45. The molecule has 0 saturated heterocycles. The second kappa shape index (κ2) is 8.73. The standard InChI is InChI=1S/C24H20FN3O2S/c1-16-12-13-18(14-20(16)25)28-23(30)19-10-6-7-11-21(19)26-24(28)31-15-22(29)27(2)17-8-4-3-5-9-17/h3-14H,15H2,1-2H3. The lowest BCUT2D eigenvalue weighted by Crippen LogP contribution is -2.28. The third kappa shape index (κ3) is 4.22. The van der Waals surface area contributed by atoms with Crippen molar-refractivity contribution in [1.29, 1.82) is 0 Å². The molecule has 1 amide bonds. The Bertz CT molecular complexity index is 1320. The number of halogens is 1. The van der Waals surface area contributed by atoms with Crippen LogP contribution in [0.4, 0.5) is 10.1 Å². The van der Waals surface area contributed by atoms with Crippen molar-refractivity contribution < 1.29 is 9.18 Å². The zero-order chi connectivity index (χ0) is 22.0. The van der Waals surface area contributed by atoms with Gasteiger partial charge in [-0.1, -0.05) is 48.2 Å². The van der Waals surface area contributed by atoms with E-state index in [1.54, 1.807) is 55.3 Å². The van der Waals surface area contributed by atoms with Crippen LogP contribution in [0.15, 0.2) is 82.7 Å². The molecule has 1 aromatic heterocycles. The Morgan fingerprint density at radius 1 is 1.06 bits per heavy atom. The van der Waals surface area contributed by atoms with E-state index in [-0.39, 0.29) is 17.2 Å². The number of hydrogen-bond donors (Lipinski definition) is 0. The SMILES string of the molecule is Cc1ccc(-n2c(SCC(=O)N(C)c3ccccc3)nc3ccccc3c2=O)cc1F. The Balaban J connectivity index is 1.73. The van der Waals surface area contributed by atoms with E-state index in [0.29, 0.717) is 27.3 Å². The number of nitrogens with zero attached hydrogens (tertiary/aromatic N) is 3. The van der Waals surface area contributed by atoms with E-state index in [1.807, 2.05) is 30.3 Å². The quantitative estimate of drug-likeness (QED) is 0.341. The highest BCUT2D eigenvalue weighted by atomic mass is 32.2. The maximum absolute atomic E-state index is 14.2. The smallest absolute Gasteiger partial charge is 0.266 e. The van der Waals surface area contributed by atoms with Crippen molar-refractivity contribution in [2.75, 3.05) is 17.7 Å². The molecule has 7 heteroatoms. The van der Waals surface area contributed by atoms with Crippen LogP contribution in [-0.2, 0) is 4.79 Å². The van der Waals surface area contributed by atoms with Crippen LogP contribution < -0.4 is 10.5 Å². The summed E-state index contributed by atoms with van der Waals surface area (Å²) in [6.45, 7) is 1.66. The van der Waals surface area contributed by atoms with Gasteiger partial charge in [-0.05, 0) is 48.9 Å². The first-order chi connectivity index (χ1) is 15.0. The van der Waals surface area contributed by atoms with E-state index in [2.05, 4.69) is 4.98 Å². The summed E-state index contributed by atoms with van der Waals surface area (Å²) in [6, 6.07) is 20.9. The van der Waals surface area contributed by atoms with Crippen molar-refractivity contribution >= 4 is 34.3 Å². The van der Waals surface area contributed by atoms with Crippen LogP contribution in [0.3, 0.4) is 0 Å². The summed E-state index contributed by atoms with van der Waals surface area (Å²) in [4.78, 5) is 32.1. The number of aryl methyl sites for hydroxylation is 1. The molecule has 0 fully saturated rings. The molecular formula is C24H20FN3O2S. The predicted octanol–water partition coefficient (Wildman–Crippen LogP) is 4.59. The van der Waals surface area contributed by atoms with Crippen molar-refractivity contribution in [3.63, 3.8) is 0 Å². The number of benzene rings is 3. The summed E-state index contributed by atoms with van der Waals surface area (Å²) in [7, 11) is 1.70. The fourth-order valence-electron chi connectivity index (χ4n) is 3.18. The molecule has 1 heterocycles. The van der Waals surface area contributed by atoms with Crippen molar-refractivity contribution in [2.24, 2.45) is 0 Å². The Labute approximate surface area is 183 Å². The molecule has 0 spiro atoms. The van der Waals surface area contributed by atoms with E-state index >= 15 is 0 Å². The molecule has 4 rings (SSSR count). The zero-order valence-electron chi connectivity index (χ0n) is 17.1. The van der Waals surface area contributed by atoms with Crippen molar-refractivity contribution in [2.45, 2.75) is 12.1 Å². The molecular weight excluding hydrogens is 413 g/mol. The molecule has 0 aliphatic rings. The summed E-state index contributed by atoms with van der Waals surface area (Å²) in [5.41, 5.74) is 1.86. The molecule has 0 aliphatic carbocycles. The molecule has 0 N–H and O–H groups in total. The first kappa shape index (κ1) is 20.8. The van der Waals surface area contributed by atoms with E-state index in [0.717, 1.165) is 17.4 Å². The topological polar surface area (TPSA) is 55.2 Å². The number of aromatic nitrogens is 2. The van der Waals surface area contributed by atoms with Gasteiger partial charge in [0.15, 0.2) is 5.16 Å². The number of rotatable bonds is 5. The van der Waals surface area contributed by atoms with Crippen LogP contribution in [0, 0.1) is 12.7 Å². The molecule has 5 nitrogen and oxygen atoms in total. The molecule has 4 aromatic rings. The Kier molecular flexibility index (Phi) is 5.86. The zero-order valence-corrected chi connectivity index (χ0v) is 17.9. The van der Waals surface area contributed by atoms with Gasteiger partial charge in [0, 0.05) is 12.7 Å². The third-order valence-corrected chi connectivity index (χ3v) is 5.92. The van der Waals surface area contributed by atoms with Crippen molar-refractivity contribution in [1.82, 2.24) is 9.55 Å². The van der Waals surface area contributed by atoms with E-state index in [9.17, 15) is 14.0 Å². The summed E-state index contributed by atoms with van der Waals surface area (Å²) < 4.78 is 15.6. The summed E-state index contributed by atoms with van der Waals surface area (Å²) in [5, 5.41) is 0.766. The molecule has 3 aromatic carbocycles. The first-order valence-corrected chi connectivity index (χ1v) is 10.7. The van der Waals surface area contributed by atoms with Gasteiger partial charge in [0.2, 0.25) is 5.91 Å². The largest absolute Gasteiger partial charge is 0.315 e. The van der Waals surface area contributed by atoms with Crippen LogP contribution in [0.25, 0.3) is 16.6 Å². The second-order valence-electron chi connectivity index (χ2n) is 7.06. The number of para-hydroxylation sites is 2. The Morgan fingerprint density at radius 2 is 1.77 bits per heavy atom. The summed E-state index contributed by atoms with van der Waals surface area (Å²) in [6.07, 6.45) is 0. The molecule has 156 valence electrons. The highest BCUT2D eigenvalue weighted by Crippen LogP contribution is 2.23. The summed E-state index contributed by atoms with van der Waals surface area (Å²) >= 11 is 1.15. The molecule has 0 bridgehead atoms. The van der Waals surface area contributed by atoms with Crippen LogP contribution in [-0.4, -0.2) is 28.3 Å². The van der Waals surface area contributed by atoms with Gasteiger partial charge in [-0.15, -0.1) is 0 Å². The van der Waals surface area contributed by atoms with Gasteiger partial charge in [0.25, 0.3) is 5.56 Å².